The standard InChI is InChI=1S/C18H35N5O.HI/c1-7-19-18(21-15(6)10-8-9-13(2)3)20-12-11-16-22-17(14(4)5)23-24-16;/h13-15H,7-12H2,1-6H3,(H2,19,20,21);1H. The van der Waals surface area contributed by atoms with Crippen molar-refractivity contribution in [3.8, 4) is 0 Å². The normalized spacial score (nSPS) is 13.0. The maximum absolute atomic E-state index is 5.25. The SMILES string of the molecule is CCNC(=NCCc1nc(C(C)C)no1)NC(C)CCCC(C)C.I. The monoisotopic (exact) mass is 465 g/mol. The lowest BCUT2D eigenvalue weighted by atomic mass is 10.0. The van der Waals surface area contributed by atoms with Crippen LogP contribution in [0.25, 0.3) is 0 Å². The summed E-state index contributed by atoms with van der Waals surface area (Å²) in [6.45, 7) is 14.4. The van der Waals surface area contributed by atoms with Crippen molar-refractivity contribution in [2.45, 2.75) is 79.2 Å². The van der Waals surface area contributed by atoms with E-state index in [0.717, 1.165) is 30.7 Å². The zero-order valence-corrected chi connectivity index (χ0v) is 19.0. The number of aromatic nitrogens is 2. The predicted octanol–water partition coefficient (Wildman–Crippen LogP) is 4.12. The number of nitrogens with one attached hydrogen (secondary N) is 2. The fraction of sp³-hybridized carbons (Fsp3) is 0.833. The topological polar surface area (TPSA) is 75.3 Å². The second-order valence-corrected chi connectivity index (χ2v) is 7.08. The third kappa shape index (κ3) is 10.7. The number of guanidine groups is 1. The summed E-state index contributed by atoms with van der Waals surface area (Å²) >= 11 is 0. The lowest BCUT2D eigenvalue weighted by molar-refractivity contribution is 0.372. The van der Waals surface area contributed by atoms with Gasteiger partial charge < -0.3 is 15.2 Å². The first-order valence-electron chi connectivity index (χ1n) is 9.29. The Bertz CT molecular complexity index is 488. The highest BCUT2D eigenvalue weighted by Gasteiger charge is 2.10. The molecule has 0 aliphatic carbocycles. The van der Waals surface area contributed by atoms with Crippen molar-refractivity contribution in [2.75, 3.05) is 13.1 Å². The molecule has 2 N–H and O–H groups in total. The van der Waals surface area contributed by atoms with Crippen molar-refractivity contribution >= 4 is 29.9 Å². The smallest absolute Gasteiger partial charge is 0.228 e. The van der Waals surface area contributed by atoms with Crippen molar-refractivity contribution in [3.63, 3.8) is 0 Å². The van der Waals surface area contributed by atoms with E-state index in [1.807, 2.05) is 0 Å². The molecule has 0 amide bonds. The third-order valence-electron chi connectivity index (χ3n) is 3.74. The molecule has 1 atom stereocenters. The zero-order chi connectivity index (χ0) is 17.9. The van der Waals surface area contributed by atoms with Gasteiger partial charge in [-0.1, -0.05) is 45.7 Å². The minimum atomic E-state index is 0. The lowest BCUT2D eigenvalue weighted by Crippen LogP contribution is -2.42. The van der Waals surface area contributed by atoms with Crippen molar-refractivity contribution in [3.05, 3.63) is 11.7 Å². The molecule has 1 aromatic heterocycles. The van der Waals surface area contributed by atoms with Crippen LogP contribution in [0.5, 0.6) is 0 Å². The first-order chi connectivity index (χ1) is 11.4. The molecule has 146 valence electrons. The second-order valence-electron chi connectivity index (χ2n) is 7.08. The summed E-state index contributed by atoms with van der Waals surface area (Å²) in [5.74, 6) is 3.33. The highest BCUT2D eigenvalue weighted by atomic mass is 127. The lowest BCUT2D eigenvalue weighted by Gasteiger charge is -2.18. The summed E-state index contributed by atoms with van der Waals surface area (Å²) in [5.41, 5.74) is 0. The molecule has 1 heterocycles. The zero-order valence-electron chi connectivity index (χ0n) is 16.6. The van der Waals surface area contributed by atoms with Gasteiger partial charge in [-0.2, -0.15) is 4.98 Å². The van der Waals surface area contributed by atoms with E-state index in [1.165, 1.54) is 12.8 Å². The van der Waals surface area contributed by atoms with Crippen molar-refractivity contribution in [1.82, 2.24) is 20.8 Å². The van der Waals surface area contributed by atoms with Crippen LogP contribution in [0, 0.1) is 5.92 Å². The van der Waals surface area contributed by atoms with Crippen LogP contribution in [0.3, 0.4) is 0 Å². The van der Waals surface area contributed by atoms with Gasteiger partial charge >= 0.3 is 0 Å². The van der Waals surface area contributed by atoms with Crippen LogP contribution in [0.4, 0.5) is 0 Å². The number of hydrogen-bond donors (Lipinski definition) is 2. The molecule has 0 fully saturated rings. The van der Waals surface area contributed by atoms with Crippen LogP contribution in [-0.4, -0.2) is 35.2 Å². The molecule has 0 saturated carbocycles. The van der Waals surface area contributed by atoms with Gasteiger partial charge in [-0.3, -0.25) is 4.99 Å². The molecule has 7 heteroatoms. The van der Waals surface area contributed by atoms with E-state index in [0.29, 0.717) is 24.9 Å². The van der Waals surface area contributed by atoms with E-state index >= 15 is 0 Å². The third-order valence-corrected chi connectivity index (χ3v) is 3.74. The molecule has 6 nitrogen and oxygen atoms in total. The average molecular weight is 465 g/mol. The van der Waals surface area contributed by atoms with Crippen molar-refractivity contribution in [2.24, 2.45) is 10.9 Å². The fourth-order valence-electron chi connectivity index (χ4n) is 2.33. The van der Waals surface area contributed by atoms with Gasteiger partial charge in [0, 0.05) is 24.9 Å². The number of hydrogen-bond acceptors (Lipinski definition) is 4. The predicted molar refractivity (Wildman–Crippen MR) is 115 cm³/mol. The molecule has 0 radical (unpaired) electrons. The van der Waals surface area contributed by atoms with Crippen LogP contribution in [0.15, 0.2) is 9.52 Å². The van der Waals surface area contributed by atoms with Gasteiger partial charge in [0.25, 0.3) is 0 Å². The van der Waals surface area contributed by atoms with E-state index in [4.69, 9.17) is 4.52 Å². The van der Waals surface area contributed by atoms with E-state index < -0.39 is 0 Å². The quantitative estimate of drug-likeness (QED) is 0.309. The molecule has 0 aromatic carbocycles. The summed E-state index contributed by atoms with van der Waals surface area (Å²) in [4.78, 5) is 9.00. The van der Waals surface area contributed by atoms with E-state index in [2.05, 4.69) is 67.3 Å². The average Bonchev–Trinajstić information content (AvgIpc) is 2.96. The Morgan fingerprint density at radius 2 is 1.88 bits per heavy atom. The molecule has 0 spiro atoms. The summed E-state index contributed by atoms with van der Waals surface area (Å²) in [7, 11) is 0. The largest absolute Gasteiger partial charge is 0.357 e. The summed E-state index contributed by atoms with van der Waals surface area (Å²) in [6, 6.07) is 0.414. The number of nitrogens with zero attached hydrogens (tertiary/aromatic N) is 3. The fourth-order valence-corrected chi connectivity index (χ4v) is 2.33. The van der Waals surface area contributed by atoms with Crippen LogP contribution >= 0.6 is 24.0 Å². The highest BCUT2D eigenvalue weighted by molar-refractivity contribution is 14.0. The van der Waals surface area contributed by atoms with Gasteiger partial charge in [-0.15, -0.1) is 24.0 Å². The Kier molecular flexibility index (Phi) is 12.9. The van der Waals surface area contributed by atoms with E-state index in [-0.39, 0.29) is 29.9 Å². The van der Waals surface area contributed by atoms with E-state index in [1.54, 1.807) is 0 Å². The highest BCUT2D eigenvalue weighted by Crippen LogP contribution is 2.10. The number of aliphatic imine (C=N–C) groups is 1. The Hall–Kier alpha value is -0.860. The van der Waals surface area contributed by atoms with Gasteiger partial charge in [0.05, 0.1) is 6.54 Å². The molecule has 0 bridgehead atoms. The molecular formula is C18H36IN5O. The van der Waals surface area contributed by atoms with Gasteiger partial charge in [0.1, 0.15) is 0 Å². The maximum atomic E-state index is 5.25. The Balaban J connectivity index is 0.00000576. The summed E-state index contributed by atoms with van der Waals surface area (Å²) < 4.78 is 5.25. The van der Waals surface area contributed by atoms with Crippen LogP contribution in [0.1, 0.15) is 78.4 Å². The Labute approximate surface area is 170 Å². The number of halogens is 1. The molecular weight excluding hydrogens is 429 g/mol. The number of rotatable bonds is 10. The summed E-state index contributed by atoms with van der Waals surface area (Å²) in [6.07, 6.45) is 4.34. The van der Waals surface area contributed by atoms with Gasteiger partial charge in [0.15, 0.2) is 11.8 Å². The van der Waals surface area contributed by atoms with Crippen molar-refractivity contribution < 1.29 is 4.52 Å². The van der Waals surface area contributed by atoms with E-state index in [9.17, 15) is 0 Å². The minimum absolute atomic E-state index is 0. The van der Waals surface area contributed by atoms with Crippen LogP contribution < -0.4 is 10.6 Å². The molecule has 1 unspecified atom stereocenters. The van der Waals surface area contributed by atoms with Crippen LogP contribution in [-0.2, 0) is 6.42 Å². The van der Waals surface area contributed by atoms with Gasteiger partial charge in [-0.05, 0) is 26.2 Å². The van der Waals surface area contributed by atoms with Gasteiger partial charge in [-0.25, -0.2) is 0 Å². The molecule has 25 heavy (non-hydrogen) atoms. The molecule has 1 aromatic rings. The summed E-state index contributed by atoms with van der Waals surface area (Å²) in [5, 5.41) is 10.7. The molecule has 0 aliphatic heterocycles. The molecule has 0 saturated heterocycles. The first-order valence-corrected chi connectivity index (χ1v) is 9.29. The minimum Gasteiger partial charge on any atom is -0.357 e. The Morgan fingerprint density at radius 1 is 1.16 bits per heavy atom. The first kappa shape index (κ1) is 24.1. The molecule has 0 aliphatic rings. The Morgan fingerprint density at radius 3 is 2.44 bits per heavy atom. The second kappa shape index (κ2) is 13.4. The maximum Gasteiger partial charge on any atom is 0.228 e. The van der Waals surface area contributed by atoms with Crippen LogP contribution in [0.2, 0.25) is 0 Å². The molecule has 1 rings (SSSR count). The van der Waals surface area contributed by atoms with Crippen molar-refractivity contribution in [1.29, 1.82) is 0 Å². The van der Waals surface area contributed by atoms with Gasteiger partial charge in [0.2, 0.25) is 5.89 Å².